The second-order valence-corrected chi connectivity index (χ2v) is 7.16. The van der Waals surface area contributed by atoms with E-state index in [-0.39, 0.29) is 17.5 Å². The Balaban J connectivity index is 1.63. The minimum Gasteiger partial charge on any atom is -0.323 e. The van der Waals surface area contributed by atoms with E-state index in [0.717, 1.165) is 10.6 Å². The van der Waals surface area contributed by atoms with Gasteiger partial charge in [-0.25, -0.2) is 0 Å². The summed E-state index contributed by atoms with van der Waals surface area (Å²) in [5, 5.41) is 13.5. The van der Waals surface area contributed by atoms with Crippen molar-refractivity contribution < 1.29 is 14.5 Å². The Labute approximate surface area is 147 Å². The largest absolute Gasteiger partial charge is 0.323 e. The van der Waals surface area contributed by atoms with E-state index >= 15 is 0 Å². The van der Waals surface area contributed by atoms with Gasteiger partial charge in [0, 0.05) is 29.1 Å². The normalized spacial score (nSPS) is 21.0. The molecule has 1 saturated heterocycles. The monoisotopic (exact) mass is 355 g/mol. The van der Waals surface area contributed by atoms with Gasteiger partial charge in [0.2, 0.25) is 5.91 Å². The zero-order valence-electron chi connectivity index (χ0n) is 13.0. The Morgan fingerprint density at radius 3 is 2.64 bits per heavy atom. The molecule has 1 atom stereocenters. The lowest BCUT2D eigenvalue weighted by Crippen LogP contribution is -2.49. The number of nitro benzene ring substituents is 1. The van der Waals surface area contributed by atoms with Gasteiger partial charge in [0.15, 0.2) is 4.87 Å². The smallest absolute Gasteiger partial charge is 0.269 e. The van der Waals surface area contributed by atoms with Crippen molar-refractivity contribution in [2.24, 2.45) is 0 Å². The van der Waals surface area contributed by atoms with Crippen molar-refractivity contribution in [3.05, 3.63) is 58.6 Å². The Kier molecular flexibility index (Phi) is 3.50. The molecule has 0 bridgehead atoms. The lowest BCUT2D eigenvalue weighted by Gasteiger charge is -2.29. The summed E-state index contributed by atoms with van der Waals surface area (Å²) in [5.41, 5.74) is 1.17. The van der Waals surface area contributed by atoms with E-state index in [1.54, 1.807) is 4.90 Å². The van der Waals surface area contributed by atoms with Gasteiger partial charge in [0.25, 0.3) is 11.6 Å². The maximum absolute atomic E-state index is 13.0. The van der Waals surface area contributed by atoms with Crippen molar-refractivity contribution in [3.8, 4) is 0 Å². The van der Waals surface area contributed by atoms with E-state index in [1.165, 1.54) is 36.0 Å². The second-order valence-electron chi connectivity index (χ2n) is 5.84. The molecule has 0 spiro atoms. The van der Waals surface area contributed by atoms with Crippen LogP contribution >= 0.6 is 11.8 Å². The summed E-state index contributed by atoms with van der Waals surface area (Å²) in [6.45, 7) is 0. The molecule has 0 radical (unpaired) electrons. The van der Waals surface area contributed by atoms with Gasteiger partial charge in [-0.05, 0) is 30.7 Å². The quantitative estimate of drug-likeness (QED) is 0.674. The van der Waals surface area contributed by atoms with Crippen molar-refractivity contribution in [1.29, 1.82) is 0 Å². The van der Waals surface area contributed by atoms with Crippen LogP contribution in [0.2, 0.25) is 0 Å². The zero-order valence-corrected chi connectivity index (χ0v) is 13.8. The van der Waals surface area contributed by atoms with E-state index < -0.39 is 9.79 Å². The number of fused-ring (bicyclic) bond motifs is 3. The van der Waals surface area contributed by atoms with Gasteiger partial charge in [0.1, 0.15) is 0 Å². The number of hydrogen-bond donors (Lipinski definition) is 1. The predicted molar refractivity (Wildman–Crippen MR) is 93.5 cm³/mol. The molecule has 25 heavy (non-hydrogen) atoms. The first-order valence-electron chi connectivity index (χ1n) is 7.68. The molecule has 1 N–H and O–H groups in total. The topological polar surface area (TPSA) is 92.5 Å². The van der Waals surface area contributed by atoms with Gasteiger partial charge >= 0.3 is 0 Å². The summed E-state index contributed by atoms with van der Waals surface area (Å²) >= 11 is 1.38. The van der Waals surface area contributed by atoms with Crippen molar-refractivity contribution in [3.63, 3.8) is 0 Å². The number of nitrogens with one attached hydrogen (secondary N) is 1. The first kappa shape index (κ1) is 15.6. The lowest BCUT2D eigenvalue weighted by atomic mass is 10.1. The molecule has 7 nitrogen and oxygen atoms in total. The molecule has 0 aliphatic carbocycles. The molecule has 2 amide bonds. The molecule has 2 aromatic rings. The fourth-order valence-corrected chi connectivity index (χ4v) is 4.61. The average Bonchev–Trinajstić information content (AvgIpc) is 3.11. The van der Waals surface area contributed by atoms with Gasteiger partial charge in [-0.3, -0.25) is 24.6 Å². The summed E-state index contributed by atoms with van der Waals surface area (Å²) in [6.07, 6.45) is 0.735. The zero-order chi connectivity index (χ0) is 17.6. The van der Waals surface area contributed by atoms with Crippen molar-refractivity contribution in [2.75, 3.05) is 10.2 Å². The summed E-state index contributed by atoms with van der Waals surface area (Å²) in [6, 6.07) is 13.1. The molecule has 126 valence electrons. The van der Waals surface area contributed by atoms with Crippen LogP contribution in [0.3, 0.4) is 0 Å². The van der Waals surface area contributed by atoms with Crippen molar-refractivity contribution in [2.45, 2.75) is 22.6 Å². The third kappa shape index (κ3) is 2.37. The minimum atomic E-state index is -0.997. The van der Waals surface area contributed by atoms with Gasteiger partial charge < -0.3 is 5.32 Å². The van der Waals surface area contributed by atoms with E-state index in [2.05, 4.69) is 5.32 Å². The van der Waals surface area contributed by atoms with Gasteiger partial charge in [-0.1, -0.05) is 23.9 Å². The van der Waals surface area contributed by atoms with E-state index in [9.17, 15) is 19.7 Å². The van der Waals surface area contributed by atoms with E-state index in [1.807, 2.05) is 24.3 Å². The number of carbonyl (C=O) groups excluding carboxylic acids is 2. The molecule has 1 unspecified atom stereocenters. The van der Waals surface area contributed by atoms with Crippen LogP contribution in [-0.2, 0) is 9.59 Å². The molecule has 2 heterocycles. The number of nitro groups is 1. The third-order valence-electron chi connectivity index (χ3n) is 4.36. The van der Waals surface area contributed by atoms with Gasteiger partial charge in [-0.2, -0.15) is 0 Å². The maximum Gasteiger partial charge on any atom is 0.269 e. The Morgan fingerprint density at radius 1 is 1.20 bits per heavy atom. The van der Waals surface area contributed by atoms with E-state index in [4.69, 9.17) is 0 Å². The van der Waals surface area contributed by atoms with Crippen LogP contribution in [0.1, 0.15) is 12.8 Å². The predicted octanol–water partition coefficient (Wildman–Crippen LogP) is 3.16. The number of anilines is 2. The molecule has 2 aromatic carbocycles. The highest BCUT2D eigenvalue weighted by molar-refractivity contribution is 8.02. The summed E-state index contributed by atoms with van der Waals surface area (Å²) in [5.74, 6) is -0.371. The van der Waals surface area contributed by atoms with Crippen molar-refractivity contribution >= 4 is 40.6 Å². The van der Waals surface area contributed by atoms with Crippen LogP contribution in [0.5, 0.6) is 0 Å². The Bertz CT molecular complexity index is 899. The first-order valence-corrected chi connectivity index (χ1v) is 8.50. The van der Waals surface area contributed by atoms with Gasteiger partial charge in [-0.15, -0.1) is 0 Å². The molecule has 2 aliphatic heterocycles. The van der Waals surface area contributed by atoms with Crippen molar-refractivity contribution in [1.82, 2.24) is 0 Å². The molecule has 2 aliphatic rings. The van der Waals surface area contributed by atoms with Crippen LogP contribution in [0.25, 0.3) is 0 Å². The van der Waals surface area contributed by atoms with Crippen LogP contribution in [0.15, 0.2) is 53.4 Å². The van der Waals surface area contributed by atoms with E-state index in [0.29, 0.717) is 18.5 Å². The van der Waals surface area contributed by atoms with Crippen LogP contribution in [0, 0.1) is 10.1 Å². The maximum atomic E-state index is 13.0. The number of non-ortho nitro benzene ring substituents is 1. The third-order valence-corrected chi connectivity index (χ3v) is 5.84. The molecule has 0 aromatic heterocycles. The Morgan fingerprint density at radius 2 is 1.92 bits per heavy atom. The number of carbonyl (C=O) groups is 2. The average molecular weight is 355 g/mol. The first-order chi connectivity index (χ1) is 12.0. The fraction of sp³-hybridized carbons (Fsp3) is 0.176. The summed E-state index contributed by atoms with van der Waals surface area (Å²) in [4.78, 5) is 37.1. The highest BCUT2D eigenvalue weighted by Crippen LogP contribution is 2.55. The number of thioether (sulfide) groups is 1. The number of hydrogen-bond acceptors (Lipinski definition) is 5. The lowest BCUT2D eigenvalue weighted by molar-refractivity contribution is -0.384. The molecular formula is C17H13N3O4S. The standard InChI is InChI=1S/C17H13N3O4S/c21-15-9-10-17(19(15)13-3-1-2-4-14(13)25-17)16(22)18-11-5-7-12(8-6-11)20(23)24/h1-8H,9-10H2,(H,18,22). The number of amides is 2. The number of nitrogens with zero attached hydrogens (tertiary/aromatic N) is 2. The molecule has 0 saturated carbocycles. The second kappa shape index (κ2) is 5.59. The van der Waals surface area contributed by atoms with Crippen LogP contribution < -0.4 is 10.2 Å². The minimum absolute atomic E-state index is 0.0449. The number of para-hydroxylation sites is 1. The summed E-state index contributed by atoms with van der Waals surface area (Å²) < 4.78 is 0. The molecule has 8 heteroatoms. The summed E-state index contributed by atoms with van der Waals surface area (Å²) in [7, 11) is 0. The fourth-order valence-electron chi connectivity index (χ4n) is 3.19. The highest BCUT2D eigenvalue weighted by Gasteiger charge is 2.57. The van der Waals surface area contributed by atoms with Gasteiger partial charge in [0.05, 0.1) is 10.6 Å². The SMILES string of the molecule is O=C1CCC2(C(=O)Nc3ccc([N+](=O)[O-])cc3)Sc3ccccc3N12. The number of rotatable bonds is 3. The number of benzene rings is 2. The highest BCUT2D eigenvalue weighted by atomic mass is 32.2. The van der Waals surface area contributed by atoms with Crippen LogP contribution in [-0.4, -0.2) is 21.6 Å². The molecule has 4 rings (SSSR count). The molecule has 1 fully saturated rings. The Hall–Kier alpha value is -2.87. The molecular weight excluding hydrogens is 342 g/mol. The van der Waals surface area contributed by atoms with Crippen LogP contribution in [0.4, 0.5) is 17.1 Å².